The van der Waals surface area contributed by atoms with E-state index in [1.807, 2.05) is 12.1 Å². The van der Waals surface area contributed by atoms with Gasteiger partial charge in [0.05, 0.1) is 0 Å². The van der Waals surface area contributed by atoms with E-state index in [-0.39, 0.29) is 18.3 Å². The Hall–Kier alpha value is -2.69. The van der Waals surface area contributed by atoms with Crippen molar-refractivity contribution in [3.8, 4) is 5.75 Å². The number of halogens is 1. The largest absolute Gasteiger partial charge is 0.484 e. The van der Waals surface area contributed by atoms with Gasteiger partial charge in [-0.25, -0.2) is 4.39 Å². The molecule has 1 aliphatic heterocycles. The topological polar surface area (TPSA) is 46.6 Å². The highest BCUT2D eigenvalue weighted by atomic mass is 19.1. The molecule has 0 atom stereocenters. The lowest BCUT2D eigenvalue weighted by molar-refractivity contribution is -0.120. The zero-order valence-electron chi connectivity index (χ0n) is 13.4. The van der Waals surface area contributed by atoms with Crippen LogP contribution in [0, 0.1) is 5.82 Å². The summed E-state index contributed by atoms with van der Waals surface area (Å²) in [5, 5.41) is 0. The third-order valence-corrected chi connectivity index (χ3v) is 4.06. The van der Waals surface area contributed by atoms with Crippen molar-refractivity contribution >= 4 is 17.4 Å². The second-order valence-corrected chi connectivity index (χ2v) is 5.79. The molecule has 0 aromatic heterocycles. The summed E-state index contributed by atoms with van der Waals surface area (Å²) in [6, 6.07) is 11.1. The number of fused-ring (bicyclic) bond motifs is 1. The van der Waals surface area contributed by atoms with E-state index in [1.165, 1.54) is 25.1 Å². The van der Waals surface area contributed by atoms with E-state index < -0.39 is 5.82 Å². The molecule has 24 heavy (non-hydrogen) atoms. The number of hydrogen-bond acceptors (Lipinski definition) is 3. The molecule has 0 spiro atoms. The Labute approximate surface area is 139 Å². The van der Waals surface area contributed by atoms with Crippen LogP contribution < -0.4 is 9.64 Å². The summed E-state index contributed by atoms with van der Waals surface area (Å²) in [6.45, 7) is 1.98. The molecule has 124 valence electrons. The maximum atomic E-state index is 13.1. The molecule has 2 aromatic rings. The lowest BCUT2D eigenvalue weighted by atomic mass is 9.98. The van der Waals surface area contributed by atoms with E-state index in [0.717, 1.165) is 24.1 Å². The SMILES string of the molecule is CC(=O)c1ccc2c(c1)CCCN2C(=O)COc1cccc(F)c1. The number of anilines is 1. The molecule has 0 N–H and O–H groups in total. The van der Waals surface area contributed by atoms with E-state index in [0.29, 0.717) is 17.9 Å². The number of carbonyl (C=O) groups is 2. The minimum Gasteiger partial charge on any atom is -0.484 e. The van der Waals surface area contributed by atoms with Crippen molar-refractivity contribution in [2.24, 2.45) is 0 Å². The quantitative estimate of drug-likeness (QED) is 0.809. The van der Waals surface area contributed by atoms with Gasteiger partial charge in [-0.05, 0) is 55.7 Å². The molecule has 0 aliphatic carbocycles. The van der Waals surface area contributed by atoms with E-state index in [1.54, 1.807) is 17.0 Å². The third kappa shape index (κ3) is 3.45. The standard InChI is InChI=1S/C19H18FNO3/c1-13(22)14-7-8-18-15(10-14)4-3-9-21(18)19(23)12-24-17-6-2-5-16(20)11-17/h2,5-8,10-11H,3-4,9,12H2,1H3. The molecule has 1 heterocycles. The molecule has 1 amide bonds. The van der Waals surface area contributed by atoms with E-state index >= 15 is 0 Å². The van der Waals surface area contributed by atoms with Crippen LogP contribution in [0.15, 0.2) is 42.5 Å². The third-order valence-electron chi connectivity index (χ3n) is 4.06. The Kier molecular flexibility index (Phi) is 4.60. The lowest BCUT2D eigenvalue weighted by Gasteiger charge is -2.29. The molecule has 2 aromatic carbocycles. The Balaban J connectivity index is 1.74. The van der Waals surface area contributed by atoms with Crippen LogP contribution in [0.2, 0.25) is 0 Å². The molecule has 0 fully saturated rings. The Bertz CT molecular complexity index is 788. The van der Waals surface area contributed by atoms with Gasteiger partial charge in [0.25, 0.3) is 5.91 Å². The smallest absolute Gasteiger partial charge is 0.264 e. The molecule has 1 aliphatic rings. The van der Waals surface area contributed by atoms with Crippen molar-refractivity contribution in [2.45, 2.75) is 19.8 Å². The van der Waals surface area contributed by atoms with Gasteiger partial charge >= 0.3 is 0 Å². The minimum absolute atomic E-state index is 0.00990. The summed E-state index contributed by atoms with van der Waals surface area (Å²) in [5.41, 5.74) is 2.46. The van der Waals surface area contributed by atoms with E-state index in [2.05, 4.69) is 0 Å². The second kappa shape index (κ2) is 6.83. The summed E-state index contributed by atoms with van der Waals surface area (Å²) in [4.78, 5) is 25.6. The maximum absolute atomic E-state index is 13.1. The monoisotopic (exact) mass is 327 g/mol. The predicted molar refractivity (Wildman–Crippen MR) is 89.0 cm³/mol. The minimum atomic E-state index is -0.403. The Morgan fingerprint density at radius 1 is 1.21 bits per heavy atom. The number of carbonyl (C=O) groups excluding carboxylic acids is 2. The zero-order chi connectivity index (χ0) is 17.1. The molecular weight excluding hydrogens is 309 g/mol. The zero-order valence-corrected chi connectivity index (χ0v) is 13.4. The number of ketones is 1. The first-order valence-electron chi connectivity index (χ1n) is 7.87. The molecule has 0 radical (unpaired) electrons. The summed E-state index contributed by atoms with van der Waals surface area (Å²) < 4.78 is 18.5. The van der Waals surface area contributed by atoms with Gasteiger partial charge in [0.15, 0.2) is 12.4 Å². The summed E-state index contributed by atoms with van der Waals surface area (Å²) in [7, 11) is 0. The molecule has 5 heteroatoms. The van der Waals surface area contributed by atoms with Gasteiger partial charge in [-0.15, -0.1) is 0 Å². The molecule has 4 nitrogen and oxygen atoms in total. The number of rotatable bonds is 4. The molecular formula is C19H18FNO3. The number of amides is 1. The number of nitrogens with zero attached hydrogens (tertiary/aromatic N) is 1. The number of hydrogen-bond donors (Lipinski definition) is 0. The lowest BCUT2D eigenvalue weighted by Crippen LogP contribution is -2.38. The van der Waals surface area contributed by atoms with Crippen LogP contribution in [0.1, 0.15) is 29.3 Å². The van der Waals surface area contributed by atoms with Crippen molar-refractivity contribution in [3.05, 3.63) is 59.4 Å². The van der Waals surface area contributed by atoms with Gasteiger partial charge in [-0.2, -0.15) is 0 Å². The van der Waals surface area contributed by atoms with Crippen molar-refractivity contribution in [2.75, 3.05) is 18.1 Å². The van der Waals surface area contributed by atoms with Gasteiger partial charge in [0.2, 0.25) is 0 Å². The van der Waals surface area contributed by atoms with Crippen LogP contribution in [0.3, 0.4) is 0 Å². The normalized spacial score (nSPS) is 13.3. The molecule has 0 saturated heterocycles. The first-order valence-corrected chi connectivity index (χ1v) is 7.87. The first-order chi connectivity index (χ1) is 11.5. The maximum Gasteiger partial charge on any atom is 0.264 e. The number of benzene rings is 2. The molecule has 0 saturated carbocycles. The molecule has 0 unspecified atom stereocenters. The average molecular weight is 327 g/mol. The van der Waals surface area contributed by atoms with E-state index in [4.69, 9.17) is 4.74 Å². The van der Waals surface area contributed by atoms with Crippen molar-refractivity contribution in [1.29, 1.82) is 0 Å². The number of ether oxygens (including phenoxy) is 1. The Morgan fingerprint density at radius 3 is 2.79 bits per heavy atom. The fourth-order valence-corrected chi connectivity index (χ4v) is 2.85. The summed E-state index contributed by atoms with van der Waals surface area (Å²) in [6.07, 6.45) is 1.67. The first kappa shape index (κ1) is 16.2. The number of Topliss-reactive ketones (excluding diaryl/α,β-unsaturated/α-hetero) is 1. The Morgan fingerprint density at radius 2 is 2.04 bits per heavy atom. The summed E-state index contributed by atoms with van der Waals surface area (Å²) >= 11 is 0. The summed E-state index contributed by atoms with van der Waals surface area (Å²) in [5.74, 6) is -0.251. The van der Waals surface area contributed by atoms with Gasteiger partial charge in [0, 0.05) is 23.9 Å². The van der Waals surface area contributed by atoms with Crippen LogP contribution >= 0.6 is 0 Å². The van der Waals surface area contributed by atoms with Gasteiger partial charge < -0.3 is 9.64 Å². The van der Waals surface area contributed by atoms with Crippen LogP contribution in [0.25, 0.3) is 0 Å². The average Bonchev–Trinajstić information content (AvgIpc) is 2.58. The highest BCUT2D eigenvalue weighted by Gasteiger charge is 2.23. The fraction of sp³-hybridized carbons (Fsp3) is 0.263. The van der Waals surface area contributed by atoms with Crippen molar-refractivity contribution in [1.82, 2.24) is 0 Å². The van der Waals surface area contributed by atoms with Gasteiger partial charge in [-0.1, -0.05) is 6.07 Å². The van der Waals surface area contributed by atoms with Crippen LogP contribution in [0.5, 0.6) is 5.75 Å². The van der Waals surface area contributed by atoms with Crippen molar-refractivity contribution in [3.63, 3.8) is 0 Å². The van der Waals surface area contributed by atoms with Crippen LogP contribution in [0.4, 0.5) is 10.1 Å². The van der Waals surface area contributed by atoms with Crippen LogP contribution in [-0.4, -0.2) is 24.8 Å². The molecule has 0 bridgehead atoms. The van der Waals surface area contributed by atoms with Crippen molar-refractivity contribution < 1.29 is 18.7 Å². The second-order valence-electron chi connectivity index (χ2n) is 5.79. The highest BCUT2D eigenvalue weighted by Crippen LogP contribution is 2.28. The predicted octanol–water partition coefficient (Wildman–Crippen LogP) is 3.39. The van der Waals surface area contributed by atoms with Gasteiger partial charge in [0.1, 0.15) is 11.6 Å². The molecule has 3 rings (SSSR count). The fourth-order valence-electron chi connectivity index (χ4n) is 2.85. The highest BCUT2D eigenvalue weighted by molar-refractivity contribution is 5.98. The van der Waals surface area contributed by atoms with Gasteiger partial charge in [-0.3, -0.25) is 9.59 Å². The number of aryl methyl sites for hydroxylation is 1. The van der Waals surface area contributed by atoms with Crippen LogP contribution in [-0.2, 0) is 11.2 Å². The van der Waals surface area contributed by atoms with E-state index in [9.17, 15) is 14.0 Å².